The Kier molecular flexibility index (Phi) is 26.6. The molecule has 0 atom stereocenters. The summed E-state index contributed by atoms with van der Waals surface area (Å²) in [5, 5.41) is 0. The molecule has 0 heterocycles. The minimum atomic E-state index is 0. The SMILES string of the molecule is CCCCCCCCCCCCCCCCCCCCCC[N+](C)(CC)CC.[Cl-]. The normalized spacial score (nSPS) is 11.6. The van der Waals surface area contributed by atoms with Gasteiger partial charge in [0.15, 0.2) is 0 Å². The zero-order chi connectivity index (χ0) is 20.8. The van der Waals surface area contributed by atoms with E-state index in [0.717, 1.165) is 0 Å². The molecule has 178 valence electrons. The van der Waals surface area contributed by atoms with Gasteiger partial charge in [0.2, 0.25) is 0 Å². The van der Waals surface area contributed by atoms with Gasteiger partial charge in [-0.3, -0.25) is 0 Å². The summed E-state index contributed by atoms with van der Waals surface area (Å²) in [6, 6.07) is 0. The van der Waals surface area contributed by atoms with Gasteiger partial charge in [0, 0.05) is 0 Å². The van der Waals surface area contributed by atoms with Gasteiger partial charge in [0.05, 0.1) is 26.7 Å². The van der Waals surface area contributed by atoms with Crippen LogP contribution in [0.4, 0.5) is 0 Å². The lowest BCUT2D eigenvalue weighted by Crippen LogP contribution is -3.00. The third kappa shape index (κ3) is 22.8. The zero-order valence-electron chi connectivity index (χ0n) is 21.1. The molecule has 0 aromatic heterocycles. The Morgan fingerprint density at radius 2 is 0.621 bits per heavy atom. The van der Waals surface area contributed by atoms with Crippen molar-refractivity contribution in [1.82, 2.24) is 0 Å². The van der Waals surface area contributed by atoms with Gasteiger partial charge in [-0.1, -0.05) is 122 Å². The average Bonchev–Trinajstić information content (AvgIpc) is 2.72. The standard InChI is InChI=1S/C27H58N.ClH/c1-5-8-9-10-11-12-13-14-15-16-17-18-19-20-21-22-23-24-25-26-27-28(4,6-2)7-3;/h5-27H2,1-4H3;1H/q+1;/p-1. The first-order valence-corrected chi connectivity index (χ1v) is 13.5. The molecule has 0 aliphatic heterocycles. The smallest absolute Gasteiger partial charge is 0.0784 e. The van der Waals surface area contributed by atoms with Crippen molar-refractivity contribution in [1.29, 1.82) is 0 Å². The van der Waals surface area contributed by atoms with E-state index in [4.69, 9.17) is 0 Å². The van der Waals surface area contributed by atoms with Crippen LogP contribution in [-0.4, -0.2) is 31.2 Å². The molecule has 1 nitrogen and oxygen atoms in total. The molecule has 0 aliphatic carbocycles. The van der Waals surface area contributed by atoms with Gasteiger partial charge in [-0.15, -0.1) is 0 Å². The van der Waals surface area contributed by atoms with E-state index in [2.05, 4.69) is 27.8 Å². The van der Waals surface area contributed by atoms with Gasteiger partial charge in [-0.2, -0.15) is 0 Å². The number of halogens is 1. The maximum atomic E-state index is 2.41. The lowest BCUT2D eigenvalue weighted by Gasteiger charge is -2.32. The van der Waals surface area contributed by atoms with E-state index in [1.165, 1.54) is 153 Å². The quantitative estimate of drug-likeness (QED) is 0.131. The van der Waals surface area contributed by atoms with Crippen LogP contribution in [0.1, 0.15) is 149 Å². The van der Waals surface area contributed by atoms with E-state index in [0.29, 0.717) is 0 Å². The first-order valence-electron chi connectivity index (χ1n) is 13.5. The minimum absolute atomic E-state index is 0. The van der Waals surface area contributed by atoms with Crippen molar-refractivity contribution in [2.75, 3.05) is 26.7 Å². The highest BCUT2D eigenvalue weighted by Crippen LogP contribution is 2.15. The summed E-state index contributed by atoms with van der Waals surface area (Å²) in [4.78, 5) is 0. The van der Waals surface area contributed by atoms with Crippen molar-refractivity contribution in [2.24, 2.45) is 0 Å². The van der Waals surface area contributed by atoms with E-state index >= 15 is 0 Å². The molecule has 0 N–H and O–H groups in total. The number of quaternary nitrogens is 1. The Bertz CT molecular complexity index is 288. The lowest BCUT2D eigenvalue weighted by molar-refractivity contribution is -0.906. The van der Waals surface area contributed by atoms with Crippen molar-refractivity contribution < 1.29 is 16.9 Å². The van der Waals surface area contributed by atoms with Crippen LogP contribution in [0.25, 0.3) is 0 Å². The Morgan fingerprint density at radius 3 is 0.862 bits per heavy atom. The molecular weight excluding hydrogens is 374 g/mol. The van der Waals surface area contributed by atoms with Crippen LogP contribution in [0.2, 0.25) is 0 Å². The number of rotatable bonds is 23. The van der Waals surface area contributed by atoms with Gasteiger partial charge < -0.3 is 16.9 Å². The third-order valence-electron chi connectivity index (χ3n) is 7.08. The molecular formula is C27H58ClN. The topological polar surface area (TPSA) is 0 Å². The highest BCUT2D eigenvalue weighted by Gasteiger charge is 2.14. The number of nitrogens with zero attached hydrogens (tertiary/aromatic N) is 1. The molecule has 29 heavy (non-hydrogen) atoms. The zero-order valence-corrected chi connectivity index (χ0v) is 21.8. The molecule has 0 fully saturated rings. The van der Waals surface area contributed by atoms with E-state index in [-0.39, 0.29) is 12.4 Å². The van der Waals surface area contributed by atoms with Gasteiger partial charge in [0.25, 0.3) is 0 Å². The Morgan fingerprint density at radius 1 is 0.379 bits per heavy atom. The molecule has 0 aromatic carbocycles. The number of hydrogen-bond acceptors (Lipinski definition) is 0. The van der Waals surface area contributed by atoms with Crippen molar-refractivity contribution in [2.45, 2.75) is 149 Å². The number of hydrogen-bond donors (Lipinski definition) is 0. The van der Waals surface area contributed by atoms with Gasteiger partial charge >= 0.3 is 0 Å². The molecule has 0 radical (unpaired) electrons. The van der Waals surface area contributed by atoms with Crippen LogP contribution in [0, 0.1) is 0 Å². The summed E-state index contributed by atoms with van der Waals surface area (Å²) in [6.45, 7) is 10.9. The van der Waals surface area contributed by atoms with Crippen molar-refractivity contribution >= 4 is 0 Å². The Balaban J connectivity index is 0. The summed E-state index contributed by atoms with van der Waals surface area (Å²) in [7, 11) is 2.41. The Hall–Kier alpha value is 0.250. The maximum absolute atomic E-state index is 2.41. The second-order valence-corrected chi connectivity index (χ2v) is 9.69. The number of unbranched alkanes of at least 4 members (excludes halogenated alkanes) is 19. The summed E-state index contributed by atoms with van der Waals surface area (Å²) in [6.07, 6.45) is 29.4. The molecule has 0 saturated heterocycles. The van der Waals surface area contributed by atoms with Crippen LogP contribution in [0.5, 0.6) is 0 Å². The fourth-order valence-corrected chi connectivity index (χ4v) is 4.29. The average molecular weight is 432 g/mol. The minimum Gasteiger partial charge on any atom is -1.00 e. The summed E-state index contributed by atoms with van der Waals surface area (Å²) in [5.74, 6) is 0. The van der Waals surface area contributed by atoms with E-state index in [9.17, 15) is 0 Å². The predicted octanol–water partition coefficient (Wildman–Crippen LogP) is 6.30. The molecule has 0 spiro atoms. The summed E-state index contributed by atoms with van der Waals surface area (Å²) < 4.78 is 1.26. The van der Waals surface area contributed by atoms with Crippen LogP contribution >= 0.6 is 0 Å². The van der Waals surface area contributed by atoms with Crippen molar-refractivity contribution in [3.63, 3.8) is 0 Å². The molecule has 0 amide bonds. The van der Waals surface area contributed by atoms with E-state index < -0.39 is 0 Å². The second kappa shape index (κ2) is 24.5. The first kappa shape index (κ1) is 31.4. The van der Waals surface area contributed by atoms with Gasteiger partial charge in [-0.25, -0.2) is 0 Å². The predicted molar refractivity (Wildman–Crippen MR) is 130 cm³/mol. The highest BCUT2D eigenvalue weighted by atomic mass is 35.5. The molecule has 0 bridgehead atoms. The third-order valence-corrected chi connectivity index (χ3v) is 7.08. The van der Waals surface area contributed by atoms with Crippen LogP contribution in [0.3, 0.4) is 0 Å². The second-order valence-electron chi connectivity index (χ2n) is 9.69. The van der Waals surface area contributed by atoms with Crippen LogP contribution in [0.15, 0.2) is 0 Å². The van der Waals surface area contributed by atoms with Crippen molar-refractivity contribution in [3.8, 4) is 0 Å². The van der Waals surface area contributed by atoms with Crippen LogP contribution < -0.4 is 12.4 Å². The monoisotopic (exact) mass is 431 g/mol. The molecule has 0 aliphatic rings. The first-order chi connectivity index (χ1) is 13.7. The fourth-order valence-electron chi connectivity index (χ4n) is 4.29. The summed E-state index contributed by atoms with van der Waals surface area (Å²) >= 11 is 0. The fraction of sp³-hybridized carbons (Fsp3) is 1.00. The van der Waals surface area contributed by atoms with Gasteiger partial charge in [0.1, 0.15) is 0 Å². The lowest BCUT2D eigenvalue weighted by atomic mass is 10.0. The molecule has 0 aromatic rings. The van der Waals surface area contributed by atoms with Gasteiger partial charge in [-0.05, 0) is 26.7 Å². The van der Waals surface area contributed by atoms with Crippen molar-refractivity contribution in [3.05, 3.63) is 0 Å². The van der Waals surface area contributed by atoms with E-state index in [1.807, 2.05) is 0 Å². The van der Waals surface area contributed by atoms with E-state index in [1.54, 1.807) is 0 Å². The molecule has 0 unspecified atom stereocenters. The summed E-state index contributed by atoms with van der Waals surface area (Å²) in [5.41, 5.74) is 0. The molecule has 0 rings (SSSR count). The van der Waals surface area contributed by atoms with Crippen LogP contribution in [-0.2, 0) is 0 Å². The largest absolute Gasteiger partial charge is 1.00 e. The highest BCUT2D eigenvalue weighted by molar-refractivity contribution is 4.51. The molecule has 2 heteroatoms. The molecule has 0 saturated carbocycles. The Labute approximate surface area is 192 Å². The maximum Gasteiger partial charge on any atom is 0.0784 e.